The molecule has 1 saturated heterocycles. The lowest BCUT2D eigenvalue weighted by molar-refractivity contribution is -0.115. The van der Waals surface area contributed by atoms with E-state index in [0.29, 0.717) is 5.92 Å². The third-order valence-electron chi connectivity index (χ3n) is 2.96. The van der Waals surface area contributed by atoms with Crippen molar-refractivity contribution < 1.29 is 4.74 Å². The number of hydrogen-bond donors (Lipinski definition) is 1. The molecule has 1 aliphatic rings. The molecule has 0 amide bonds. The van der Waals surface area contributed by atoms with E-state index in [2.05, 4.69) is 43.6 Å². The molecule has 90 valence electrons. The van der Waals surface area contributed by atoms with Gasteiger partial charge in [0.2, 0.25) is 0 Å². The second kappa shape index (κ2) is 4.86. The SMILES string of the molecule is CC(C)CC1(C)CNCC(c2cccs2)O1. The highest BCUT2D eigenvalue weighted by atomic mass is 32.1. The van der Waals surface area contributed by atoms with Gasteiger partial charge in [-0.15, -0.1) is 11.3 Å². The summed E-state index contributed by atoms with van der Waals surface area (Å²) >= 11 is 1.78. The lowest BCUT2D eigenvalue weighted by Crippen LogP contribution is -2.49. The van der Waals surface area contributed by atoms with Crippen LogP contribution in [0.4, 0.5) is 0 Å². The van der Waals surface area contributed by atoms with Crippen molar-refractivity contribution in [3.05, 3.63) is 22.4 Å². The molecule has 0 radical (unpaired) electrons. The monoisotopic (exact) mass is 239 g/mol. The Bertz CT molecular complexity index is 323. The van der Waals surface area contributed by atoms with Crippen molar-refractivity contribution in [1.82, 2.24) is 5.32 Å². The van der Waals surface area contributed by atoms with Crippen molar-refractivity contribution >= 4 is 11.3 Å². The van der Waals surface area contributed by atoms with Gasteiger partial charge in [-0.1, -0.05) is 19.9 Å². The summed E-state index contributed by atoms with van der Waals surface area (Å²) in [5.41, 5.74) is -0.0128. The molecule has 0 aliphatic carbocycles. The van der Waals surface area contributed by atoms with E-state index >= 15 is 0 Å². The average Bonchev–Trinajstić information content (AvgIpc) is 2.68. The third-order valence-corrected chi connectivity index (χ3v) is 3.92. The first kappa shape index (κ1) is 12.1. The molecule has 16 heavy (non-hydrogen) atoms. The normalized spacial score (nSPS) is 30.9. The number of thiophene rings is 1. The number of hydrogen-bond acceptors (Lipinski definition) is 3. The van der Waals surface area contributed by atoms with Gasteiger partial charge in [0.15, 0.2) is 0 Å². The highest BCUT2D eigenvalue weighted by Gasteiger charge is 2.34. The van der Waals surface area contributed by atoms with Gasteiger partial charge < -0.3 is 10.1 Å². The molecular formula is C13H21NOS. The summed E-state index contributed by atoms with van der Waals surface area (Å²) in [7, 11) is 0. The highest BCUT2D eigenvalue weighted by molar-refractivity contribution is 7.10. The smallest absolute Gasteiger partial charge is 0.105 e. The molecule has 2 atom stereocenters. The molecule has 2 heterocycles. The predicted octanol–water partition coefficient (Wildman–Crippen LogP) is 3.21. The summed E-state index contributed by atoms with van der Waals surface area (Å²) in [6, 6.07) is 4.26. The van der Waals surface area contributed by atoms with Gasteiger partial charge in [-0.25, -0.2) is 0 Å². The van der Waals surface area contributed by atoms with E-state index in [9.17, 15) is 0 Å². The fourth-order valence-electron chi connectivity index (χ4n) is 2.51. The van der Waals surface area contributed by atoms with Gasteiger partial charge in [0.25, 0.3) is 0 Å². The molecule has 0 spiro atoms. The fourth-order valence-corrected chi connectivity index (χ4v) is 3.27. The van der Waals surface area contributed by atoms with Crippen LogP contribution >= 0.6 is 11.3 Å². The zero-order valence-corrected chi connectivity index (χ0v) is 11.1. The van der Waals surface area contributed by atoms with Crippen LogP contribution in [0.1, 0.15) is 38.2 Å². The molecule has 0 bridgehead atoms. The Hall–Kier alpha value is -0.380. The third kappa shape index (κ3) is 2.84. The van der Waals surface area contributed by atoms with Crippen molar-refractivity contribution in [1.29, 1.82) is 0 Å². The van der Waals surface area contributed by atoms with Crippen molar-refractivity contribution in [3.8, 4) is 0 Å². The standard InChI is InChI=1S/C13H21NOS/c1-10(2)7-13(3)9-14-8-11(15-13)12-5-4-6-16-12/h4-6,10-11,14H,7-9H2,1-3H3. The number of rotatable bonds is 3. The van der Waals surface area contributed by atoms with Gasteiger partial charge in [0, 0.05) is 18.0 Å². The van der Waals surface area contributed by atoms with E-state index < -0.39 is 0 Å². The minimum absolute atomic E-state index is 0.0128. The maximum atomic E-state index is 6.28. The molecule has 0 saturated carbocycles. The van der Waals surface area contributed by atoms with E-state index in [1.54, 1.807) is 11.3 Å². The second-order valence-corrected chi connectivity index (χ2v) is 6.28. The fraction of sp³-hybridized carbons (Fsp3) is 0.692. The van der Waals surface area contributed by atoms with E-state index in [0.717, 1.165) is 19.5 Å². The Labute approximate surface area is 102 Å². The summed E-state index contributed by atoms with van der Waals surface area (Å²) in [5.74, 6) is 0.675. The van der Waals surface area contributed by atoms with E-state index in [1.165, 1.54) is 4.88 Å². The molecule has 1 aliphatic heterocycles. The summed E-state index contributed by atoms with van der Waals surface area (Å²) in [5, 5.41) is 5.62. The Morgan fingerprint density at radius 1 is 1.62 bits per heavy atom. The molecule has 1 N–H and O–H groups in total. The number of ether oxygens (including phenoxy) is 1. The topological polar surface area (TPSA) is 21.3 Å². The summed E-state index contributed by atoms with van der Waals surface area (Å²) in [6.45, 7) is 8.63. The zero-order chi connectivity index (χ0) is 11.6. The molecule has 2 unspecified atom stereocenters. The van der Waals surface area contributed by atoms with Crippen molar-refractivity contribution in [2.75, 3.05) is 13.1 Å². The van der Waals surface area contributed by atoms with Crippen molar-refractivity contribution in [2.24, 2.45) is 5.92 Å². The summed E-state index contributed by atoms with van der Waals surface area (Å²) < 4.78 is 6.28. The molecular weight excluding hydrogens is 218 g/mol. The van der Waals surface area contributed by atoms with Crippen LogP contribution < -0.4 is 5.32 Å². The Balaban J connectivity index is 2.04. The van der Waals surface area contributed by atoms with Crippen LogP contribution in [0, 0.1) is 5.92 Å². The number of morpholine rings is 1. The Kier molecular flexibility index (Phi) is 3.67. The quantitative estimate of drug-likeness (QED) is 0.874. The predicted molar refractivity (Wildman–Crippen MR) is 68.9 cm³/mol. The van der Waals surface area contributed by atoms with E-state index in [1.807, 2.05) is 0 Å². The van der Waals surface area contributed by atoms with E-state index in [-0.39, 0.29) is 11.7 Å². The molecule has 2 rings (SSSR count). The van der Waals surface area contributed by atoms with E-state index in [4.69, 9.17) is 4.74 Å². The summed E-state index contributed by atoms with van der Waals surface area (Å²) in [4.78, 5) is 1.34. The molecule has 1 fully saturated rings. The van der Waals surface area contributed by atoms with Gasteiger partial charge >= 0.3 is 0 Å². The van der Waals surface area contributed by atoms with Crippen LogP contribution in [0.2, 0.25) is 0 Å². The minimum Gasteiger partial charge on any atom is -0.364 e. The first-order chi connectivity index (χ1) is 7.59. The van der Waals surface area contributed by atoms with Gasteiger partial charge in [-0.05, 0) is 30.7 Å². The maximum absolute atomic E-state index is 6.28. The Morgan fingerprint density at radius 3 is 3.06 bits per heavy atom. The van der Waals surface area contributed by atoms with Gasteiger partial charge in [0.1, 0.15) is 6.10 Å². The van der Waals surface area contributed by atoms with Crippen LogP contribution in [-0.2, 0) is 4.74 Å². The second-order valence-electron chi connectivity index (χ2n) is 5.30. The van der Waals surface area contributed by atoms with Crippen LogP contribution in [0.3, 0.4) is 0 Å². The maximum Gasteiger partial charge on any atom is 0.105 e. The number of nitrogens with one attached hydrogen (secondary N) is 1. The lowest BCUT2D eigenvalue weighted by Gasteiger charge is -2.40. The average molecular weight is 239 g/mol. The lowest BCUT2D eigenvalue weighted by atomic mass is 9.92. The summed E-state index contributed by atoms with van der Waals surface area (Å²) in [6.07, 6.45) is 1.35. The molecule has 2 nitrogen and oxygen atoms in total. The first-order valence-electron chi connectivity index (χ1n) is 6.01. The largest absolute Gasteiger partial charge is 0.364 e. The molecule has 1 aromatic heterocycles. The van der Waals surface area contributed by atoms with Gasteiger partial charge in [0.05, 0.1) is 5.60 Å². The van der Waals surface area contributed by atoms with Crippen molar-refractivity contribution in [2.45, 2.75) is 38.9 Å². The van der Waals surface area contributed by atoms with Crippen LogP contribution in [0.15, 0.2) is 17.5 Å². The molecule has 1 aromatic rings. The zero-order valence-electron chi connectivity index (χ0n) is 10.3. The highest BCUT2D eigenvalue weighted by Crippen LogP contribution is 2.33. The van der Waals surface area contributed by atoms with Crippen molar-refractivity contribution in [3.63, 3.8) is 0 Å². The van der Waals surface area contributed by atoms with Gasteiger partial charge in [-0.3, -0.25) is 0 Å². The van der Waals surface area contributed by atoms with Crippen LogP contribution in [-0.4, -0.2) is 18.7 Å². The van der Waals surface area contributed by atoms with Gasteiger partial charge in [-0.2, -0.15) is 0 Å². The van der Waals surface area contributed by atoms with Crippen LogP contribution in [0.25, 0.3) is 0 Å². The molecule has 0 aromatic carbocycles. The first-order valence-corrected chi connectivity index (χ1v) is 6.89. The van der Waals surface area contributed by atoms with Crippen LogP contribution in [0.5, 0.6) is 0 Å². The molecule has 3 heteroatoms. The minimum atomic E-state index is -0.0128. The Morgan fingerprint density at radius 2 is 2.44 bits per heavy atom.